The highest BCUT2D eigenvalue weighted by molar-refractivity contribution is 5.84. The van der Waals surface area contributed by atoms with E-state index in [0.29, 0.717) is 38.3 Å². The average molecular weight is 266 g/mol. The van der Waals surface area contributed by atoms with E-state index in [0.717, 1.165) is 5.56 Å². The van der Waals surface area contributed by atoms with Crippen molar-refractivity contribution in [3.63, 3.8) is 0 Å². The molecular formula is C14H19FN2O2. The van der Waals surface area contributed by atoms with Gasteiger partial charge in [0.1, 0.15) is 11.2 Å². The van der Waals surface area contributed by atoms with Gasteiger partial charge in [0.05, 0.1) is 13.2 Å². The van der Waals surface area contributed by atoms with Crippen molar-refractivity contribution < 1.29 is 13.9 Å². The molecule has 1 fully saturated rings. The molecule has 5 heteroatoms. The third kappa shape index (κ3) is 2.93. The summed E-state index contributed by atoms with van der Waals surface area (Å²) < 4.78 is 18.2. The highest BCUT2D eigenvalue weighted by atomic mass is 19.1. The number of nitrogens with one attached hydrogen (secondary N) is 1. The summed E-state index contributed by atoms with van der Waals surface area (Å²) in [6, 6.07) is 4.99. The number of aryl methyl sites for hydroxylation is 1. The van der Waals surface area contributed by atoms with Crippen molar-refractivity contribution in [1.29, 1.82) is 0 Å². The summed E-state index contributed by atoms with van der Waals surface area (Å²) >= 11 is 0. The Labute approximate surface area is 112 Å². The second-order valence-corrected chi connectivity index (χ2v) is 5.07. The number of hydrogen-bond donors (Lipinski definition) is 2. The van der Waals surface area contributed by atoms with Crippen LogP contribution in [0.2, 0.25) is 0 Å². The number of hydrogen-bond acceptors (Lipinski definition) is 3. The molecule has 1 heterocycles. The summed E-state index contributed by atoms with van der Waals surface area (Å²) in [4.78, 5) is 12.0. The predicted molar refractivity (Wildman–Crippen MR) is 70.2 cm³/mol. The van der Waals surface area contributed by atoms with Crippen molar-refractivity contribution in [3.05, 3.63) is 35.1 Å². The van der Waals surface area contributed by atoms with Crippen molar-refractivity contribution in [2.24, 2.45) is 11.1 Å². The second kappa shape index (κ2) is 5.67. The van der Waals surface area contributed by atoms with Gasteiger partial charge in [0.25, 0.3) is 0 Å². The first-order valence-corrected chi connectivity index (χ1v) is 6.38. The van der Waals surface area contributed by atoms with Gasteiger partial charge in [-0.25, -0.2) is 4.39 Å². The highest BCUT2D eigenvalue weighted by Gasteiger charge is 2.44. The Morgan fingerprint density at radius 3 is 2.79 bits per heavy atom. The molecule has 1 aromatic rings. The van der Waals surface area contributed by atoms with Gasteiger partial charge in [0, 0.05) is 13.1 Å². The number of rotatable bonds is 5. The SMILES string of the molecule is Cc1cc(CCNC(=O)C2(CN)COC2)ccc1F. The normalized spacial score (nSPS) is 16.8. The van der Waals surface area contributed by atoms with E-state index in [1.54, 1.807) is 19.1 Å². The number of carbonyl (C=O) groups is 1. The number of benzene rings is 1. The molecule has 0 bridgehead atoms. The Bertz CT molecular complexity index is 467. The lowest BCUT2D eigenvalue weighted by atomic mass is 9.85. The smallest absolute Gasteiger partial charge is 0.232 e. The fourth-order valence-corrected chi connectivity index (χ4v) is 2.06. The Balaban J connectivity index is 1.83. The quantitative estimate of drug-likeness (QED) is 0.827. The standard InChI is InChI=1S/C14H19FN2O2/c1-10-6-11(2-3-12(10)15)4-5-17-13(18)14(7-16)8-19-9-14/h2-3,6H,4-5,7-9,16H2,1H3,(H,17,18). The molecule has 1 aliphatic rings. The lowest BCUT2D eigenvalue weighted by Gasteiger charge is -2.38. The van der Waals surface area contributed by atoms with Crippen LogP contribution in [-0.2, 0) is 16.0 Å². The first-order chi connectivity index (χ1) is 9.07. The molecule has 1 amide bonds. The molecule has 0 aliphatic carbocycles. The van der Waals surface area contributed by atoms with E-state index in [1.165, 1.54) is 6.07 Å². The molecule has 0 unspecified atom stereocenters. The van der Waals surface area contributed by atoms with Crippen LogP contribution in [0.1, 0.15) is 11.1 Å². The van der Waals surface area contributed by atoms with Gasteiger partial charge in [-0.05, 0) is 30.5 Å². The van der Waals surface area contributed by atoms with Crippen LogP contribution in [0.3, 0.4) is 0 Å². The van der Waals surface area contributed by atoms with E-state index in [2.05, 4.69) is 5.32 Å². The van der Waals surface area contributed by atoms with Gasteiger partial charge in [-0.2, -0.15) is 0 Å². The average Bonchev–Trinajstić information content (AvgIpc) is 2.33. The van der Waals surface area contributed by atoms with Gasteiger partial charge in [-0.1, -0.05) is 12.1 Å². The lowest BCUT2D eigenvalue weighted by Crippen LogP contribution is -2.58. The van der Waals surface area contributed by atoms with Crippen LogP contribution in [0.25, 0.3) is 0 Å². The van der Waals surface area contributed by atoms with E-state index in [1.807, 2.05) is 0 Å². The van der Waals surface area contributed by atoms with Crippen LogP contribution >= 0.6 is 0 Å². The van der Waals surface area contributed by atoms with Gasteiger partial charge in [-0.15, -0.1) is 0 Å². The van der Waals surface area contributed by atoms with Crippen molar-refractivity contribution in [2.75, 3.05) is 26.3 Å². The van der Waals surface area contributed by atoms with Crippen LogP contribution in [-0.4, -0.2) is 32.2 Å². The lowest BCUT2D eigenvalue weighted by molar-refractivity contribution is -0.159. The molecule has 1 saturated heterocycles. The summed E-state index contributed by atoms with van der Waals surface area (Å²) in [5, 5.41) is 2.87. The number of ether oxygens (including phenoxy) is 1. The monoisotopic (exact) mass is 266 g/mol. The minimum atomic E-state index is -0.543. The van der Waals surface area contributed by atoms with Gasteiger partial charge in [0.15, 0.2) is 0 Å². The van der Waals surface area contributed by atoms with Crippen molar-refractivity contribution in [3.8, 4) is 0 Å². The van der Waals surface area contributed by atoms with Gasteiger partial charge in [0.2, 0.25) is 5.91 Å². The summed E-state index contributed by atoms with van der Waals surface area (Å²) in [6.07, 6.45) is 0.675. The topological polar surface area (TPSA) is 64.4 Å². The first kappa shape index (κ1) is 14.0. The zero-order valence-electron chi connectivity index (χ0n) is 11.0. The van der Waals surface area contributed by atoms with Gasteiger partial charge >= 0.3 is 0 Å². The summed E-state index contributed by atoms with van der Waals surface area (Å²) in [5.74, 6) is -0.262. The number of nitrogens with two attached hydrogens (primary N) is 1. The third-order valence-corrected chi connectivity index (χ3v) is 3.55. The fourth-order valence-electron chi connectivity index (χ4n) is 2.06. The van der Waals surface area contributed by atoms with Crippen LogP contribution < -0.4 is 11.1 Å². The Morgan fingerprint density at radius 2 is 2.26 bits per heavy atom. The van der Waals surface area contributed by atoms with E-state index in [9.17, 15) is 9.18 Å². The third-order valence-electron chi connectivity index (χ3n) is 3.55. The van der Waals surface area contributed by atoms with Gasteiger partial charge in [-0.3, -0.25) is 4.79 Å². The first-order valence-electron chi connectivity index (χ1n) is 6.38. The van der Waals surface area contributed by atoms with Crippen molar-refractivity contribution >= 4 is 5.91 Å². The molecule has 1 aromatic carbocycles. The minimum absolute atomic E-state index is 0.0555. The second-order valence-electron chi connectivity index (χ2n) is 5.07. The number of carbonyl (C=O) groups excluding carboxylic acids is 1. The maximum absolute atomic E-state index is 13.1. The maximum Gasteiger partial charge on any atom is 0.232 e. The molecule has 2 rings (SSSR count). The maximum atomic E-state index is 13.1. The van der Waals surface area contributed by atoms with Crippen molar-refractivity contribution in [2.45, 2.75) is 13.3 Å². The van der Waals surface area contributed by atoms with Crippen LogP contribution in [0.15, 0.2) is 18.2 Å². The molecule has 0 radical (unpaired) electrons. The fraction of sp³-hybridized carbons (Fsp3) is 0.500. The summed E-state index contributed by atoms with van der Waals surface area (Å²) in [6.45, 7) is 3.34. The van der Waals surface area contributed by atoms with E-state index in [4.69, 9.17) is 10.5 Å². The molecule has 104 valence electrons. The summed E-state index contributed by atoms with van der Waals surface area (Å²) in [5.41, 5.74) is 6.69. The number of amides is 1. The molecule has 19 heavy (non-hydrogen) atoms. The van der Waals surface area contributed by atoms with E-state index >= 15 is 0 Å². The Kier molecular flexibility index (Phi) is 4.17. The molecule has 0 saturated carbocycles. The Morgan fingerprint density at radius 1 is 1.53 bits per heavy atom. The minimum Gasteiger partial charge on any atom is -0.379 e. The largest absolute Gasteiger partial charge is 0.379 e. The molecule has 0 aromatic heterocycles. The van der Waals surface area contributed by atoms with Crippen LogP contribution in [0, 0.1) is 18.2 Å². The van der Waals surface area contributed by atoms with Gasteiger partial charge < -0.3 is 15.8 Å². The molecule has 1 aliphatic heterocycles. The van der Waals surface area contributed by atoms with E-state index in [-0.39, 0.29) is 11.7 Å². The molecule has 0 spiro atoms. The van der Waals surface area contributed by atoms with Crippen LogP contribution in [0.4, 0.5) is 4.39 Å². The molecule has 4 nitrogen and oxygen atoms in total. The van der Waals surface area contributed by atoms with E-state index < -0.39 is 5.41 Å². The zero-order valence-corrected chi connectivity index (χ0v) is 11.0. The molecule has 0 atom stereocenters. The van der Waals surface area contributed by atoms with Crippen LogP contribution in [0.5, 0.6) is 0 Å². The molecular weight excluding hydrogens is 247 g/mol. The highest BCUT2D eigenvalue weighted by Crippen LogP contribution is 2.25. The number of halogens is 1. The zero-order chi connectivity index (χ0) is 13.9. The van der Waals surface area contributed by atoms with Crippen molar-refractivity contribution in [1.82, 2.24) is 5.32 Å². The summed E-state index contributed by atoms with van der Waals surface area (Å²) in [7, 11) is 0. The Hall–Kier alpha value is -1.46. The molecule has 3 N–H and O–H groups in total. The predicted octanol–water partition coefficient (Wildman–Crippen LogP) is 0.768.